The minimum Gasteiger partial charge on any atom is -0.501 e. The normalized spacial score (nSPS) is 10.9. The van der Waals surface area contributed by atoms with Crippen LogP contribution in [0.5, 0.6) is 23.0 Å². The molecule has 4 N–H and O–H groups in total. The van der Waals surface area contributed by atoms with Gasteiger partial charge in [0.1, 0.15) is 12.4 Å². The number of amides is 2. The van der Waals surface area contributed by atoms with Crippen LogP contribution in [0.1, 0.15) is 41.3 Å². The first-order chi connectivity index (χ1) is 18.1. The Hall–Kier alpha value is -4.74. The minimum absolute atomic E-state index is 0.00768. The van der Waals surface area contributed by atoms with E-state index >= 15 is 0 Å². The van der Waals surface area contributed by atoms with Crippen LogP contribution in [-0.4, -0.2) is 48.4 Å². The zero-order chi connectivity index (χ0) is 27.9. The zero-order valence-corrected chi connectivity index (χ0v) is 21.7. The average molecular weight is 527 g/mol. The molecule has 38 heavy (non-hydrogen) atoms. The number of nitrogens with one attached hydrogen (secondary N) is 3. The second kappa shape index (κ2) is 12.0. The third-order valence-corrected chi connectivity index (χ3v) is 5.51. The Morgan fingerprint density at radius 3 is 2.21 bits per heavy atom. The molecule has 0 aliphatic carbocycles. The Morgan fingerprint density at radius 1 is 1.00 bits per heavy atom. The van der Waals surface area contributed by atoms with Crippen molar-refractivity contribution in [1.82, 2.24) is 20.6 Å². The first-order valence-electron chi connectivity index (χ1n) is 11.5. The molecule has 0 aliphatic rings. The van der Waals surface area contributed by atoms with Crippen molar-refractivity contribution in [2.45, 2.75) is 32.5 Å². The quantitative estimate of drug-likeness (QED) is 0.311. The number of aromatic hydroxyl groups is 1. The molecule has 0 fully saturated rings. The molecule has 0 atom stereocenters. The molecule has 0 radical (unpaired) electrons. The van der Waals surface area contributed by atoms with Crippen molar-refractivity contribution in [2.75, 3.05) is 21.3 Å². The van der Waals surface area contributed by atoms with Gasteiger partial charge in [-0.3, -0.25) is 9.59 Å². The molecule has 202 valence electrons. The number of benzene rings is 2. The molecule has 3 aromatic rings. The predicted octanol–water partition coefficient (Wildman–Crippen LogP) is 2.59. The van der Waals surface area contributed by atoms with E-state index in [-0.39, 0.29) is 19.0 Å². The van der Waals surface area contributed by atoms with Gasteiger partial charge in [0.2, 0.25) is 11.5 Å². The molecule has 12 heteroatoms. The van der Waals surface area contributed by atoms with E-state index in [1.165, 1.54) is 21.3 Å². The molecule has 0 saturated heterocycles. The molecule has 2 aromatic carbocycles. The summed E-state index contributed by atoms with van der Waals surface area (Å²) in [5, 5.41) is 15.5. The second-order valence-corrected chi connectivity index (χ2v) is 8.64. The van der Waals surface area contributed by atoms with Gasteiger partial charge in [-0.25, -0.2) is 9.78 Å². The van der Waals surface area contributed by atoms with Crippen molar-refractivity contribution >= 4 is 12.0 Å². The highest BCUT2D eigenvalue weighted by molar-refractivity contribution is 5.94. The molecular weight excluding hydrogens is 496 g/mol. The van der Waals surface area contributed by atoms with Gasteiger partial charge >= 0.3 is 6.09 Å². The molecule has 0 aliphatic heterocycles. The number of alkyl carbamates (subject to hydrolysis) is 1. The van der Waals surface area contributed by atoms with E-state index in [1.807, 2.05) is 18.2 Å². The van der Waals surface area contributed by atoms with Gasteiger partial charge in [0.05, 0.1) is 26.9 Å². The second-order valence-electron chi connectivity index (χ2n) is 8.64. The Balaban J connectivity index is 1.76. The van der Waals surface area contributed by atoms with E-state index in [0.717, 1.165) is 5.56 Å². The summed E-state index contributed by atoms with van der Waals surface area (Å²) in [4.78, 5) is 44.2. The fourth-order valence-electron chi connectivity index (χ4n) is 3.50. The van der Waals surface area contributed by atoms with E-state index < -0.39 is 34.5 Å². The van der Waals surface area contributed by atoms with E-state index in [2.05, 4.69) is 20.6 Å². The van der Waals surface area contributed by atoms with Crippen LogP contribution < -0.4 is 30.4 Å². The predicted molar refractivity (Wildman–Crippen MR) is 137 cm³/mol. The molecule has 2 amide bonds. The number of nitrogens with zero attached hydrogens (tertiary/aromatic N) is 1. The molecule has 1 heterocycles. The van der Waals surface area contributed by atoms with Gasteiger partial charge in [0.15, 0.2) is 17.2 Å². The minimum atomic E-state index is -1.26. The number of hydrogen-bond acceptors (Lipinski definition) is 9. The third-order valence-electron chi connectivity index (χ3n) is 5.51. The van der Waals surface area contributed by atoms with Crippen molar-refractivity contribution in [3.05, 3.63) is 75.5 Å². The van der Waals surface area contributed by atoms with Crippen LogP contribution in [0.25, 0.3) is 0 Å². The molecule has 0 spiro atoms. The van der Waals surface area contributed by atoms with Crippen LogP contribution in [0.15, 0.2) is 47.3 Å². The van der Waals surface area contributed by atoms with Gasteiger partial charge in [-0.05, 0) is 37.1 Å². The number of methoxy groups -OCH3 is 3. The SMILES string of the molecule is COc1cc(CNC(=O)c2nc(C(C)(C)NC(=O)OCc3ccccc3)[nH]c(=O)c2O)cc(OC)c1OC. The molecular formula is C26H30N4O8. The summed E-state index contributed by atoms with van der Waals surface area (Å²) in [6.45, 7) is 3.15. The lowest BCUT2D eigenvalue weighted by Gasteiger charge is -2.25. The van der Waals surface area contributed by atoms with E-state index in [0.29, 0.717) is 22.8 Å². The van der Waals surface area contributed by atoms with Gasteiger partial charge < -0.3 is 39.7 Å². The van der Waals surface area contributed by atoms with Crippen molar-refractivity contribution in [3.63, 3.8) is 0 Å². The number of carbonyl (C=O) groups is 2. The summed E-state index contributed by atoms with van der Waals surface area (Å²) < 4.78 is 21.1. The average Bonchev–Trinajstić information content (AvgIpc) is 2.91. The number of hydrogen-bond donors (Lipinski definition) is 4. The summed E-state index contributed by atoms with van der Waals surface area (Å²) >= 11 is 0. The highest BCUT2D eigenvalue weighted by Crippen LogP contribution is 2.38. The van der Waals surface area contributed by atoms with Gasteiger partial charge in [-0.2, -0.15) is 0 Å². The number of H-pyrrole nitrogens is 1. The van der Waals surface area contributed by atoms with Crippen molar-refractivity contribution in [1.29, 1.82) is 0 Å². The van der Waals surface area contributed by atoms with Gasteiger partial charge in [0, 0.05) is 6.54 Å². The molecule has 0 bridgehead atoms. The van der Waals surface area contributed by atoms with Gasteiger partial charge in [-0.1, -0.05) is 30.3 Å². The summed E-state index contributed by atoms with van der Waals surface area (Å²) in [5.74, 6) is -0.565. The van der Waals surface area contributed by atoms with Crippen LogP contribution in [0.2, 0.25) is 0 Å². The summed E-state index contributed by atoms with van der Waals surface area (Å²) in [7, 11) is 4.40. The Morgan fingerprint density at radius 2 is 1.63 bits per heavy atom. The Labute approximate surface area is 218 Å². The topological polar surface area (TPSA) is 161 Å². The fraction of sp³-hybridized carbons (Fsp3) is 0.308. The maximum Gasteiger partial charge on any atom is 0.408 e. The summed E-state index contributed by atoms with van der Waals surface area (Å²) in [6.07, 6.45) is -0.761. The van der Waals surface area contributed by atoms with Crippen LogP contribution in [0.3, 0.4) is 0 Å². The first-order valence-corrected chi connectivity index (χ1v) is 11.5. The largest absolute Gasteiger partial charge is 0.501 e. The maximum absolute atomic E-state index is 12.9. The Kier molecular flexibility index (Phi) is 8.79. The van der Waals surface area contributed by atoms with Crippen molar-refractivity contribution < 1.29 is 33.6 Å². The number of carbonyl (C=O) groups excluding carboxylic acids is 2. The molecule has 0 unspecified atom stereocenters. The lowest BCUT2D eigenvalue weighted by Crippen LogP contribution is -2.44. The summed E-state index contributed by atoms with van der Waals surface area (Å²) in [5.41, 5.74) is -1.32. The number of rotatable bonds is 10. The molecule has 1 aromatic heterocycles. The van der Waals surface area contributed by atoms with Gasteiger partial charge in [-0.15, -0.1) is 0 Å². The van der Waals surface area contributed by atoms with E-state index in [4.69, 9.17) is 18.9 Å². The molecule has 12 nitrogen and oxygen atoms in total. The monoisotopic (exact) mass is 526 g/mol. The third kappa shape index (κ3) is 6.52. The number of aromatic amines is 1. The maximum atomic E-state index is 12.9. The first kappa shape index (κ1) is 27.8. The Bertz CT molecular complexity index is 1330. The van der Waals surface area contributed by atoms with E-state index in [1.54, 1.807) is 38.1 Å². The van der Waals surface area contributed by atoms with Crippen molar-refractivity contribution in [3.8, 4) is 23.0 Å². The van der Waals surface area contributed by atoms with Crippen LogP contribution >= 0.6 is 0 Å². The number of aromatic nitrogens is 2. The van der Waals surface area contributed by atoms with E-state index in [9.17, 15) is 19.5 Å². The highest BCUT2D eigenvalue weighted by atomic mass is 16.5. The summed E-state index contributed by atoms with van der Waals surface area (Å²) in [6, 6.07) is 12.4. The van der Waals surface area contributed by atoms with Crippen LogP contribution in [0, 0.1) is 0 Å². The van der Waals surface area contributed by atoms with Crippen LogP contribution in [-0.2, 0) is 23.4 Å². The highest BCUT2D eigenvalue weighted by Gasteiger charge is 2.30. The van der Waals surface area contributed by atoms with Crippen LogP contribution in [0.4, 0.5) is 4.79 Å². The van der Waals surface area contributed by atoms with Crippen molar-refractivity contribution in [2.24, 2.45) is 0 Å². The number of ether oxygens (including phenoxy) is 4. The molecule has 0 saturated carbocycles. The standard InChI is InChI=1S/C26H30N4O8/c1-26(2,30-25(34)38-14-15-9-7-6-8-10-15)24-28-19(20(31)23(33)29-24)22(32)27-13-16-11-17(35-3)21(37-5)18(12-16)36-4/h6-12,31H,13-14H2,1-5H3,(H,27,32)(H,30,34)(H,28,29,33). The van der Waals surface area contributed by atoms with Gasteiger partial charge in [0.25, 0.3) is 11.5 Å². The lowest BCUT2D eigenvalue weighted by molar-refractivity contribution is 0.0941. The fourth-order valence-corrected chi connectivity index (χ4v) is 3.50. The smallest absolute Gasteiger partial charge is 0.408 e. The lowest BCUT2D eigenvalue weighted by atomic mass is 10.0. The zero-order valence-electron chi connectivity index (χ0n) is 21.7. The molecule has 3 rings (SSSR count).